The highest BCUT2D eigenvalue weighted by molar-refractivity contribution is 14.1. The van der Waals surface area contributed by atoms with Gasteiger partial charge in [-0.15, -0.1) is 0 Å². The van der Waals surface area contributed by atoms with Crippen molar-refractivity contribution < 1.29 is 9.53 Å². The number of ether oxygens (including phenoxy) is 1. The fraction of sp³-hybridized carbons (Fsp3) is 0.417. The maximum atomic E-state index is 11.3. The van der Waals surface area contributed by atoms with Crippen molar-refractivity contribution in [2.75, 3.05) is 18.5 Å². The topological polar surface area (TPSA) is 38.3 Å². The van der Waals surface area contributed by atoms with Crippen molar-refractivity contribution in [3.05, 3.63) is 27.8 Å². The summed E-state index contributed by atoms with van der Waals surface area (Å²) >= 11 is 2.24. The van der Waals surface area contributed by atoms with Gasteiger partial charge in [0, 0.05) is 9.26 Å². The average Bonchev–Trinajstić information content (AvgIpc) is 2.29. The van der Waals surface area contributed by atoms with Gasteiger partial charge in [0.05, 0.1) is 6.61 Å². The van der Waals surface area contributed by atoms with E-state index in [9.17, 15) is 4.79 Å². The Morgan fingerprint density at radius 1 is 1.38 bits per heavy atom. The van der Waals surface area contributed by atoms with E-state index >= 15 is 0 Å². The quantitative estimate of drug-likeness (QED) is 0.494. The van der Waals surface area contributed by atoms with Crippen molar-refractivity contribution >= 4 is 34.2 Å². The van der Waals surface area contributed by atoms with Crippen LogP contribution in [0.3, 0.4) is 0 Å². The Balaban J connectivity index is 2.23. The summed E-state index contributed by atoms with van der Waals surface area (Å²) in [6.45, 7) is 2.81. The fourth-order valence-corrected chi connectivity index (χ4v) is 1.48. The second-order valence-corrected chi connectivity index (χ2v) is 4.68. The van der Waals surface area contributed by atoms with Crippen LogP contribution in [0.25, 0.3) is 0 Å². The number of nitrogens with one attached hydrogen (secondary N) is 1. The molecular weight excluding hydrogens is 317 g/mol. The van der Waals surface area contributed by atoms with E-state index in [-0.39, 0.29) is 12.5 Å². The van der Waals surface area contributed by atoms with Gasteiger partial charge in [-0.05, 0) is 53.3 Å². The van der Waals surface area contributed by atoms with E-state index in [2.05, 4.69) is 34.8 Å². The van der Waals surface area contributed by atoms with Crippen LogP contribution in [0.5, 0.6) is 0 Å². The number of rotatable bonds is 6. The van der Waals surface area contributed by atoms with E-state index in [0.29, 0.717) is 6.61 Å². The molecule has 16 heavy (non-hydrogen) atoms. The highest BCUT2D eigenvalue weighted by atomic mass is 127. The molecule has 1 aromatic carbocycles. The van der Waals surface area contributed by atoms with Crippen LogP contribution in [0.4, 0.5) is 5.69 Å². The molecular formula is C12H16INO2. The Kier molecular flexibility index (Phi) is 6.22. The van der Waals surface area contributed by atoms with Gasteiger partial charge in [0.1, 0.15) is 6.54 Å². The third kappa shape index (κ3) is 5.34. The predicted octanol–water partition coefficient (Wildman–Crippen LogP) is 3.05. The van der Waals surface area contributed by atoms with Crippen LogP contribution in [0, 0.1) is 3.57 Å². The van der Waals surface area contributed by atoms with E-state index in [0.717, 1.165) is 18.5 Å². The van der Waals surface area contributed by atoms with Gasteiger partial charge in [0.15, 0.2) is 0 Å². The Morgan fingerprint density at radius 3 is 2.69 bits per heavy atom. The van der Waals surface area contributed by atoms with Gasteiger partial charge < -0.3 is 10.1 Å². The zero-order chi connectivity index (χ0) is 11.8. The fourth-order valence-electron chi connectivity index (χ4n) is 1.12. The summed E-state index contributed by atoms with van der Waals surface area (Å²) in [6, 6.07) is 7.87. The van der Waals surface area contributed by atoms with Crippen LogP contribution in [0.15, 0.2) is 24.3 Å². The van der Waals surface area contributed by atoms with Gasteiger partial charge in [0.25, 0.3) is 0 Å². The number of esters is 1. The third-order valence-corrected chi connectivity index (χ3v) is 2.76. The first-order chi connectivity index (χ1) is 7.72. The number of halogens is 1. The van der Waals surface area contributed by atoms with Crippen LogP contribution in [0.2, 0.25) is 0 Å². The van der Waals surface area contributed by atoms with E-state index in [1.54, 1.807) is 0 Å². The molecule has 0 aromatic heterocycles. The van der Waals surface area contributed by atoms with Crippen LogP contribution in [-0.4, -0.2) is 19.1 Å². The number of carbonyl (C=O) groups is 1. The molecule has 0 fully saturated rings. The molecule has 1 rings (SSSR count). The summed E-state index contributed by atoms with van der Waals surface area (Å²) in [5, 5.41) is 3.02. The molecule has 1 aromatic rings. The lowest BCUT2D eigenvalue weighted by atomic mass is 10.3. The summed E-state index contributed by atoms with van der Waals surface area (Å²) in [4.78, 5) is 11.3. The maximum absolute atomic E-state index is 11.3. The molecule has 0 aliphatic heterocycles. The lowest BCUT2D eigenvalue weighted by Crippen LogP contribution is -2.17. The molecule has 0 aliphatic carbocycles. The molecule has 0 aliphatic rings. The molecule has 0 bridgehead atoms. The molecule has 0 spiro atoms. The van der Waals surface area contributed by atoms with Crippen molar-refractivity contribution in [3.63, 3.8) is 0 Å². The largest absolute Gasteiger partial charge is 0.464 e. The van der Waals surface area contributed by atoms with Crippen molar-refractivity contribution in [2.24, 2.45) is 0 Å². The molecule has 0 heterocycles. The van der Waals surface area contributed by atoms with Crippen molar-refractivity contribution in [1.29, 1.82) is 0 Å². The van der Waals surface area contributed by atoms with Crippen molar-refractivity contribution in [1.82, 2.24) is 0 Å². The Hall–Kier alpha value is -0.780. The predicted molar refractivity (Wildman–Crippen MR) is 73.5 cm³/mol. The number of benzene rings is 1. The number of hydrogen-bond acceptors (Lipinski definition) is 3. The number of hydrogen-bond donors (Lipinski definition) is 1. The lowest BCUT2D eigenvalue weighted by molar-refractivity contribution is -0.141. The van der Waals surface area contributed by atoms with Gasteiger partial charge in [-0.3, -0.25) is 4.79 Å². The summed E-state index contributed by atoms with van der Waals surface area (Å²) < 4.78 is 6.20. The van der Waals surface area contributed by atoms with Crippen LogP contribution >= 0.6 is 22.6 Å². The normalized spacial score (nSPS) is 9.88. The van der Waals surface area contributed by atoms with Crippen LogP contribution in [-0.2, 0) is 9.53 Å². The first-order valence-electron chi connectivity index (χ1n) is 5.37. The Labute approximate surface area is 110 Å². The highest BCUT2D eigenvalue weighted by Gasteiger charge is 2.01. The second kappa shape index (κ2) is 7.49. The van der Waals surface area contributed by atoms with Crippen LogP contribution in [0.1, 0.15) is 19.8 Å². The van der Waals surface area contributed by atoms with Gasteiger partial charge in [-0.25, -0.2) is 0 Å². The third-order valence-electron chi connectivity index (χ3n) is 2.04. The zero-order valence-electron chi connectivity index (χ0n) is 9.33. The minimum Gasteiger partial charge on any atom is -0.464 e. The lowest BCUT2D eigenvalue weighted by Gasteiger charge is -2.06. The molecule has 0 unspecified atom stereocenters. The smallest absolute Gasteiger partial charge is 0.325 e. The summed E-state index contributed by atoms with van der Waals surface area (Å²) in [5.41, 5.74) is 0.938. The molecule has 0 amide bonds. The highest BCUT2D eigenvalue weighted by Crippen LogP contribution is 2.10. The van der Waals surface area contributed by atoms with E-state index < -0.39 is 0 Å². The SMILES string of the molecule is CCCCOC(=O)CNc1ccc(I)cc1. The first kappa shape index (κ1) is 13.3. The molecule has 0 saturated carbocycles. The van der Waals surface area contributed by atoms with Gasteiger partial charge >= 0.3 is 5.97 Å². The number of unbranched alkanes of at least 4 members (excludes halogenated alkanes) is 1. The van der Waals surface area contributed by atoms with Crippen molar-refractivity contribution in [2.45, 2.75) is 19.8 Å². The molecule has 4 heteroatoms. The average molecular weight is 333 g/mol. The first-order valence-corrected chi connectivity index (χ1v) is 6.45. The van der Waals surface area contributed by atoms with Gasteiger partial charge in [-0.2, -0.15) is 0 Å². The van der Waals surface area contributed by atoms with E-state index in [1.165, 1.54) is 3.57 Å². The summed E-state index contributed by atoms with van der Waals surface area (Å²) in [5.74, 6) is -0.202. The molecule has 0 radical (unpaired) electrons. The molecule has 1 N–H and O–H groups in total. The van der Waals surface area contributed by atoms with Crippen LogP contribution < -0.4 is 5.32 Å². The maximum Gasteiger partial charge on any atom is 0.325 e. The second-order valence-electron chi connectivity index (χ2n) is 3.43. The van der Waals surface area contributed by atoms with E-state index in [1.807, 2.05) is 24.3 Å². The minimum absolute atomic E-state index is 0.202. The molecule has 3 nitrogen and oxygen atoms in total. The summed E-state index contributed by atoms with van der Waals surface area (Å²) in [6.07, 6.45) is 1.97. The Morgan fingerprint density at radius 2 is 2.06 bits per heavy atom. The van der Waals surface area contributed by atoms with E-state index in [4.69, 9.17) is 4.74 Å². The Bertz CT molecular complexity index is 324. The number of anilines is 1. The van der Waals surface area contributed by atoms with Crippen molar-refractivity contribution in [3.8, 4) is 0 Å². The standard InChI is InChI=1S/C12H16INO2/c1-2-3-8-16-12(15)9-14-11-6-4-10(13)5-7-11/h4-7,14H,2-3,8-9H2,1H3. The minimum atomic E-state index is -0.202. The number of carbonyl (C=O) groups excluding carboxylic acids is 1. The monoisotopic (exact) mass is 333 g/mol. The molecule has 0 saturated heterocycles. The zero-order valence-corrected chi connectivity index (χ0v) is 11.5. The van der Waals surface area contributed by atoms with Gasteiger partial charge in [0.2, 0.25) is 0 Å². The molecule has 88 valence electrons. The summed E-state index contributed by atoms with van der Waals surface area (Å²) in [7, 11) is 0. The molecule has 0 atom stereocenters. The van der Waals surface area contributed by atoms with Gasteiger partial charge in [-0.1, -0.05) is 13.3 Å².